The van der Waals surface area contributed by atoms with E-state index in [1.807, 2.05) is 19.9 Å². The minimum Gasteiger partial charge on any atom is -0.361 e. The summed E-state index contributed by atoms with van der Waals surface area (Å²) < 4.78 is 10.1. The lowest BCUT2D eigenvalue weighted by molar-refractivity contribution is -0.117. The zero-order valence-electron chi connectivity index (χ0n) is 12.1. The molecule has 112 valence electrons. The van der Waals surface area contributed by atoms with Gasteiger partial charge in [-0.1, -0.05) is 10.3 Å². The molecule has 1 aliphatic heterocycles. The van der Waals surface area contributed by atoms with E-state index >= 15 is 0 Å². The van der Waals surface area contributed by atoms with E-state index in [1.54, 1.807) is 6.07 Å². The lowest BCUT2D eigenvalue weighted by Gasteiger charge is -2.21. The van der Waals surface area contributed by atoms with Crippen LogP contribution in [0.25, 0.3) is 0 Å². The molecular formula is C14H18N4O3. The van der Waals surface area contributed by atoms with E-state index in [0.29, 0.717) is 12.4 Å². The molecule has 1 amide bonds. The van der Waals surface area contributed by atoms with Gasteiger partial charge in [0.05, 0.1) is 18.3 Å². The first kappa shape index (κ1) is 13.8. The Morgan fingerprint density at radius 3 is 2.90 bits per heavy atom. The van der Waals surface area contributed by atoms with Gasteiger partial charge in [0.15, 0.2) is 0 Å². The molecule has 0 aromatic carbocycles. The van der Waals surface area contributed by atoms with Gasteiger partial charge in [0, 0.05) is 12.1 Å². The summed E-state index contributed by atoms with van der Waals surface area (Å²) in [4.78, 5) is 14.2. The topological polar surface area (TPSA) is 84.4 Å². The first-order valence-electron chi connectivity index (χ1n) is 7.02. The summed E-state index contributed by atoms with van der Waals surface area (Å²) in [6.45, 7) is 4.85. The molecule has 1 N–H and O–H groups in total. The second-order valence-electron chi connectivity index (χ2n) is 5.37. The number of aromatic nitrogens is 2. The molecule has 0 saturated carbocycles. The van der Waals surface area contributed by atoms with Crippen LogP contribution in [0.3, 0.4) is 0 Å². The van der Waals surface area contributed by atoms with Gasteiger partial charge in [-0.2, -0.15) is 0 Å². The summed E-state index contributed by atoms with van der Waals surface area (Å²) in [5.74, 6) is 1.06. The number of rotatable bonds is 4. The highest BCUT2D eigenvalue weighted by Crippen LogP contribution is 2.31. The Bertz CT molecular complexity index is 634. The third kappa shape index (κ3) is 3.13. The van der Waals surface area contributed by atoms with Gasteiger partial charge >= 0.3 is 0 Å². The highest BCUT2D eigenvalue weighted by atomic mass is 16.5. The Labute approximate surface area is 122 Å². The summed E-state index contributed by atoms with van der Waals surface area (Å²) in [7, 11) is 0. The Morgan fingerprint density at radius 1 is 1.38 bits per heavy atom. The lowest BCUT2D eigenvalue weighted by Crippen LogP contribution is -2.33. The third-order valence-corrected chi connectivity index (χ3v) is 3.59. The van der Waals surface area contributed by atoms with Crippen molar-refractivity contribution in [3.63, 3.8) is 0 Å². The number of likely N-dealkylation sites (tertiary alicyclic amines) is 1. The van der Waals surface area contributed by atoms with Gasteiger partial charge < -0.3 is 9.05 Å². The van der Waals surface area contributed by atoms with Crippen LogP contribution in [0, 0.1) is 13.8 Å². The summed E-state index contributed by atoms with van der Waals surface area (Å²) in [5, 5.41) is 10.5. The summed E-state index contributed by atoms with van der Waals surface area (Å²) in [6, 6.07) is 3.77. The van der Waals surface area contributed by atoms with Crippen molar-refractivity contribution >= 4 is 11.8 Å². The molecule has 0 bridgehead atoms. The number of carbonyl (C=O) groups is 1. The quantitative estimate of drug-likeness (QED) is 0.927. The van der Waals surface area contributed by atoms with E-state index in [-0.39, 0.29) is 11.9 Å². The Hall–Kier alpha value is -2.15. The minimum absolute atomic E-state index is 0.113. The van der Waals surface area contributed by atoms with Crippen molar-refractivity contribution < 1.29 is 13.8 Å². The van der Waals surface area contributed by atoms with Crippen LogP contribution in [-0.4, -0.2) is 34.2 Å². The molecule has 1 saturated heterocycles. The van der Waals surface area contributed by atoms with Crippen molar-refractivity contribution in [3.8, 4) is 0 Å². The Balaban J connectivity index is 1.62. The van der Waals surface area contributed by atoms with Gasteiger partial charge in [0.2, 0.25) is 11.8 Å². The SMILES string of the molecule is Cc1cc(NC(=O)CN2CCC[C@@H]2c2cc(C)on2)on1. The predicted molar refractivity (Wildman–Crippen MR) is 74.7 cm³/mol. The molecule has 0 aliphatic carbocycles. The van der Waals surface area contributed by atoms with Crippen LogP contribution in [0.15, 0.2) is 21.2 Å². The number of anilines is 1. The maximum atomic E-state index is 12.1. The molecule has 7 nitrogen and oxygen atoms in total. The van der Waals surface area contributed by atoms with Crippen LogP contribution in [0.5, 0.6) is 0 Å². The zero-order valence-corrected chi connectivity index (χ0v) is 12.1. The fourth-order valence-electron chi connectivity index (χ4n) is 2.68. The molecule has 0 radical (unpaired) electrons. The molecule has 3 heterocycles. The average molecular weight is 290 g/mol. The third-order valence-electron chi connectivity index (χ3n) is 3.59. The van der Waals surface area contributed by atoms with E-state index in [9.17, 15) is 4.79 Å². The second kappa shape index (κ2) is 5.69. The first-order valence-corrected chi connectivity index (χ1v) is 7.02. The van der Waals surface area contributed by atoms with E-state index in [1.165, 1.54) is 0 Å². The molecule has 21 heavy (non-hydrogen) atoms. The maximum Gasteiger partial charge on any atom is 0.240 e. The number of aryl methyl sites for hydroxylation is 2. The molecule has 1 atom stereocenters. The minimum atomic E-state index is -0.113. The van der Waals surface area contributed by atoms with Gasteiger partial charge in [-0.05, 0) is 33.2 Å². The van der Waals surface area contributed by atoms with Crippen molar-refractivity contribution in [1.82, 2.24) is 15.2 Å². The fourth-order valence-corrected chi connectivity index (χ4v) is 2.68. The Morgan fingerprint density at radius 2 is 2.24 bits per heavy atom. The molecule has 7 heteroatoms. The molecule has 2 aromatic rings. The van der Waals surface area contributed by atoms with Crippen molar-refractivity contribution in [1.29, 1.82) is 0 Å². The van der Waals surface area contributed by atoms with E-state index in [4.69, 9.17) is 9.05 Å². The van der Waals surface area contributed by atoms with E-state index in [2.05, 4.69) is 20.5 Å². The predicted octanol–water partition coefficient (Wildman–Crippen LogP) is 2.06. The van der Waals surface area contributed by atoms with Gasteiger partial charge in [0.1, 0.15) is 11.5 Å². The lowest BCUT2D eigenvalue weighted by atomic mass is 10.1. The normalized spacial score (nSPS) is 19.0. The number of nitrogens with zero attached hydrogens (tertiary/aromatic N) is 3. The molecular weight excluding hydrogens is 272 g/mol. The summed E-state index contributed by atoms with van der Waals surface area (Å²) in [5.41, 5.74) is 1.63. The number of amides is 1. The average Bonchev–Trinajstić information content (AvgIpc) is 3.12. The van der Waals surface area contributed by atoms with Crippen LogP contribution >= 0.6 is 0 Å². The standard InChI is InChI=1S/C14H18N4O3/c1-9-6-14(21-16-9)15-13(19)8-18-5-3-4-12(18)11-7-10(2)20-17-11/h6-7,12H,3-5,8H2,1-2H3,(H,15,19)/t12-/m1/s1. The van der Waals surface area contributed by atoms with Crippen LogP contribution in [0.4, 0.5) is 5.88 Å². The highest BCUT2D eigenvalue weighted by Gasteiger charge is 2.29. The van der Waals surface area contributed by atoms with Crippen LogP contribution in [-0.2, 0) is 4.79 Å². The monoisotopic (exact) mass is 290 g/mol. The Kier molecular flexibility index (Phi) is 3.74. The van der Waals surface area contributed by atoms with Gasteiger partial charge in [-0.3, -0.25) is 15.0 Å². The first-order chi connectivity index (χ1) is 10.1. The van der Waals surface area contributed by atoms with Gasteiger partial charge in [0.25, 0.3) is 0 Å². The largest absolute Gasteiger partial charge is 0.361 e. The van der Waals surface area contributed by atoms with Crippen molar-refractivity contribution in [2.45, 2.75) is 32.7 Å². The van der Waals surface area contributed by atoms with Crippen molar-refractivity contribution in [3.05, 3.63) is 29.3 Å². The molecule has 2 aromatic heterocycles. The van der Waals surface area contributed by atoms with Crippen LogP contribution in [0.1, 0.15) is 36.0 Å². The van der Waals surface area contributed by atoms with Crippen LogP contribution < -0.4 is 5.32 Å². The molecule has 0 unspecified atom stereocenters. The molecule has 1 aliphatic rings. The summed E-state index contributed by atoms with van der Waals surface area (Å²) in [6.07, 6.45) is 2.03. The van der Waals surface area contributed by atoms with Crippen LogP contribution in [0.2, 0.25) is 0 Å². The van der Waals surface area contributed by atoms with Gasteiger partial charge in [-0.25, -0.2) is 0 Å². The number of carbonyl (C=O) groups excluding carboxylic acids is 1. The number of hydrogen-bond donors (Lipinski definition) is 1. The second-order valence-corrected chi connectivity index (χ2v) is 5.37. The van der Waals surface area contributed by atoms with Crippen molar-refractivity contribution in [2.75, 3.05) is 18.4 Å². The fraction of sp³-hybridized carbons (Fsp3) is 0.500. The maximum absolute atomic E-state index is 12.1. The molecule has 0 spiro atoms. The number of nitrogens with one attached hydrogen (secondary N) is 1. The molecule has 3 rings (SSSR count). The van der Waals surface area contributed by atoms with Crippen molar-refractivity contribution in [2.24, 2.45) is 0 Å². The highest BCUT2D eigenvalue weighted by molar-refractivity contribution is 5.91. The molecule has 1 fully saturated rings. The zero-order chi connectivity index (χ0) is 14.8. The van der Waals surface area contributed by atoms with E-state index in [0.717, 1.165) is 36.5 Å². The van der Waals surface area contributed by atoms with E-state index < -0.39 is 0 Å². The summed E-state index contributed by atoms with van der Waals surface area (Å²) >= 11 is 0. The number of hydrogen-bond acceptors (Lipinski definition) is 6. The van der Waals surface area contributed by atoms with Gasteiger partial charge in [-0.15, -0.1) is 0 Å². The smallest absolute Gasteiger partial charge is 0.240 e.